The topological polar surface area (TPSA) is 39.8 Å². The molecule has 4 aromatic carbocycles. The summed E-state index contributed by atoms with van der Waals surface area (Å²) < 4.78 is 4.17. The van der Waals surface area contributed by atoms with Crippen LogP contribution < -0.4 is 0 Å². The summed E-state index contributed by atoms with van der Waals surface area (Å²) in [6.07, 6.45) is 6.62. The maximum atomic E-state index is 13.9. The van der Waals surface area contributed by atoms with E-state index in [-0.39, 0.29) is 11.8 Å². The lowest BCUT2D eigenvalue weighted by molar-refractivity contribution is 0.0862. The fourth-order valence-corrected chi connectivity index (χ4v) is 6.53. The molecule has 0 spiro atoms. The van der Waals surface area contributed by atoms with Crippen molar-refractivity contribution in [3.63, 3.8) is 0 Å². The molecule has 1 atom stereocenters. The highest BCUT2D eigenvalue weighted by molar-refractivity contribution is 6.00. The number of benzene rings is 4. The zero-order chi connectivity index (χ0) is 28.0. The first kappa shape index (κ1) is 25.0. The molecule has 200 valence electrons. The van der Waals surface area contributed by atoms with Crippen molar-refractivity contribution < 1.29 is 4.79 Å². The van der Waals surface area contributed by atoms with Gasteiger partial charge in [-0.15, -0.1) is 0 Å². The average Bonchev–Trinajstić information content (AvgIpc) is 3.58. The Kier molecular flexibility index (Phi) is 6.05. The largest absolute Gasteiger partial charge is 0.316 e. The molecule has 0 fully saturated rings. The Morgan fingerprint density at radius 3 is 1.93 bits per heavy atom. The van der Waals surface area contributed by atoms with E-state index in [0.29, 0.717) is 6.42 Å². The molecule has 1 aliphatic heterocycles. The fraction of sp³-hybridized carbons (Fsp3) is 0.135. The zero-order valence-electron chi connectivity index (χ0n) is 23.2. The highest BCUT2D eigenvalue weighted by Gasteiger charge is 2.40. The van der Waals surface area contributed by atoms with Crippen LogP contribution in [0.25, 0.3) is 17.0 Å². The van der Waals surface area contributed by atoms with Gasteiger partial charge in [0.05, 0.1) is 23.5 Å². The second-order valence-corrected chi connectivity index (χ2v) is 10.9. The Balaban J connectivity index is 1.35. The summed E-state index contributed by atoms with van der Waals surface area (Å²) in [7, 11) is 0. The number of hydrogen-bond acceptors (Lipinski definition) is 2. The van der Waals surface area contributed by atoms with Crippen LogP contribution in [0.4, 0.5) is 0 Å². The summed E-state index contributed by atoms with van der Waals surface area (Å²) in [6.45, 7) is 4.22. The molecule has 4 nitrogen and oxygen atoms in total. The van der Waals surface area contributed by atoms with Gasteiger partial charge in [0.25, 0.3) is 0 Å². The van der Waals surface area contributed by atoms with Crippen molar-refractivity contribution in [2.24, 2.45) is 5.92 Å². The lowest BCUT2D eigenvalue weighted by Gasteiger charge is -2.38. The molecule has 2 aromatic heterocycles. The number of hydrogen-bond donors (Lipinski definition) is 0. The van der Waals surface area contributed by atoms with Gasteiger partial charge in [0.15, 0.2) is 0 Å². The van der Waals surface area contributed by atoms with Crippen LogP contribution in [0.1, 0.15) is 44.1 Å². The quantitative estimate of drug-likeness (QED) is 0.205. The molecule has 0 amide bonds. The van der Waals surface area contributed by atoms with Crippen molar-refractivity contribution in [3.8, 4) is 0 Å². The maximum Gasteiger partial charge on any atom is 0.238 e. The molecule has 6 aromatic rings. The lowest BCUT2D eigenvalue weighted by atomic mass is 9.76. The summed E-state index contributed by atoms with van der Waals surface area (Å²) in [4.78, 5) is 18.8. The third-order valence-corrected chi connectivity index (χ3v) is 8.59. The van der Waals surface area contributed by atoms with Gasteiger partial charge in [-0.05, 0) is 54.3 Å². The van der Waals surface area contributed by atoms with Crippen LogP contribution in [0.3, 0.4) is 0 Å². The number of allylic oxidation sites excluding steroid dienone is 1. The summed E-state index contributed by atoms with van der Waals surface area (Å²) in [5.74, 6) is -0.197. The van der Waals surface area contributed by atoms with E-state index in [2.05, 4.69) is 128 Å². The molecule has 0 saturated heterocycles. The third-order valence-electron chi connectivity index (χ3n) is 8.59. The minimum Gasteiger partial charge on any atom is -0.316 e. The van der Waals surface area contributed by atoms with E-state index >= 15 is 0 Å². The van der Waals surface area contributed by atoms with E-state index in [0.717, 1.165) is 44.7 Å². The van der Waals surface area contributed by atoms with Crippen LogP contribution in [0.5, 0.6) is 0 Å². The summed E-state index contributed by atoms with van der Waals surface area (Å²) in [5.41, 5.74) is 7.87. The van der Waals surface area contributed by atoms with Gasteiger partial charge < -0.3 is 4.57 Å². The first-order chi connectivity index (χ1) is 20.1. The molecule has 0 radical (unpaired) electrons. The van der Waals surface area contributed by atoms with Gasteiger partial charge in [-0.3, -0.25) is 9.36 Å². The predicted octanol–water partition coefficient (Wildman–Crippen LogP) is 7.82. The molecular formula is C37H31N3O. The van der Waals surface area contributed by atoms with Gasteiger partial charge in [0.1, 0.15) is 5.54 Å². The van der Waals surface area contributed by atoms with Gasteiger partial charge in [0.2, 0.25) is 5.91 Å². The molecule has 0 aliphatic carbocycles. The first-order valence-corrected chi connectivity index (χ1v) is 14.1. The van der Waals surface area contributed by atoms with Gasteiger partial charge >= 0.3 is 0 Å². The van der Waals surface area contributed by atoms with E-state index in [9.17, 15) is 4.79 Å². The van der Waals surface area contributed by atoms with Crippen molar-refractivity contribution >= 4 is 22.9 Å². The molecule has 0 N–H and O–H groups in total. The Labute approximate surface area is 240 Å². The number of rotatable bonds is 6. The second kappa shape index (κ2) is 9.90. The van der Waals surface area contributed by atoms with Gasteiger partial charge in [0, 0.05) is 23.2 Å². The molecule has 7 rings (SSSR count). The monoisotopic (exact) mass is 533 g/mol. The van der Waals surface area contributed by atoms with Crippen LogP contribution in [0.2, 0.25) is 0 Å². The van der Waals surface area contributed by atoms with E-state index in [1.165, 1.54) is 5.56 Å². The number of nitrogens with zero attached hydrogens (tertiary/aromatic N) is 3. The van der Waals surface area contributed by atoms with Gasteiger partial charge in [-0.25, -0.2) is 4.98 Å². The Bertz CT molecular complexity index is 1800. The van der Waals surface area contributed by atoms with Crippen LogP contribution in [-0.4, -0.2) is 20.0 Å². The lowest BCUT2D eigenvalue weighted by Crippen LogP contribution is -2.38. The number of aryl methyl sites for hydroxylation is 1. The summed E-state index contributed by atoms with van der Waals surface area (Å²) >= 11 is 0. The molecule has 1 unspecified atom stereocenters. The molecule has 0 saturated carbocycles. The number of carbonyl (C=O) groups is 1. The van der Waals surface area contributed by atoms with E-state index in [1.807, 2.05) is 29.1 Å². The molecule has 0 bridgehead atoms. The summed E-state index contributed by atoms with van der Waals surface area (Å²) in [5, 5.41) is 1.12. The zero-order valence-corrected chi connectivity index (χ0v) is 23.2. The van der Waals surface area contributed by atoms with Crippen molar-refractivity contribution in [3.05, 3.63) is 167 Å². The summed E-state index contributed by atoms with van der Waals surface area (Å²) in [6, 6.07) is 40.1. The van der Waals surface area contributed by atoms with Crippen molar-refractivity contribution in [2.75, 3.05) is 0 Å². The minimum atomic E-state index is -0.632. The molecule has 4 heteroatoms. The second-order valence-electron chi connectivity index (χ2n) is 10.9. The van der Waals surface area contributed by atoms with Crippen LogP contribution in [-0.2, 0) is 12.0 Å². The fourth-order valence-electron chi connectivity index (χ4n) is 6.53. The first-order valence-electron chi connectivity index (χ1n) is 14.1. The Hall–Kier alpha value is -4.96. The van der Waals surface area contributed by atoms with Gasteiger partial charge in [-0.2, -0.15) is 0 Å². The number of carbonyl (C=O) groups excluding carboxylic acids is 1. The Morgan fingerprint density at radius 1 is 0.756 bits per heavy atom. The highest BCUT2D eigenvalue weighted by atomic mass is 16.2. The predicted molar refractivity (Wildman–Crippen MR) is 165 cm³/mol. The average molecular weight is 534 g/mol. The van der Waals surface area contributed by atoms with E-state index < -0.39 is 5.54 Å². The number of fused-ring (bicyclic) bond motifs is 3. The van der Waals surface area contributed by atoms with E-state index in [4.69, 9.17) is 4.98 Å². The molecular weight excluding hydrogens is 502 g/mol. The van der Waals surface area contributed by atoms with Crippen molar-refractivity contribution in [1.29, 1.82) is 0 Å². The molecule has 3 heterocycles. The standard InChI is InChI=1S/C37H31N3O/c1-26-13-12-20-35-33(26)24-32-22-21-28(36(41)40(32)35)23-34-27(2)39(25-38-34)37(29-14-6-3-7-15-29,30-16-8-4-9-17-30)31-18-10-5-11-19-31/h3-22,24-25,28H,23H2,1-2H3. The smallest absolute Gasteiger partial charge is 0.238 e. The van der Waals surface area contributed by atoms with E-state index in [1.54, 1.807) is 0 Å². The third kappa shape index (κ3) is 3.90. The normalized spacial score (nSPS) is 14.9. The SMILES string of the molecule is Cc1cccc2c1cc1n2C(=O)C(Cc2ncn(C(c3ccccc3)(c3ccccc3)c3ccccc3)c2C)C=C1. The number of imidazole rings is 1. The van der Waals surface area contributed by atoms with Gasteiger partial charge in [-0.1, -0.05) is 109 Å². The maximum absolute atomic E-state index is 13.9. The van der Waals surface area contributed by atoms with Crippen LogP contribution >= 0.6 is 0 Å². The molecule has 41 heavy (non-hydrogen) atoms. The highest BCUT2D eigenvalue weighted by Crippen LogP contribution is 2.42. The van der Waals surface area contributed by atoms with Crippen LogP contribution in [0, 0.1) is 19.8 Å². The van der Waals surface area contributed by atoms with Crippen molar-refractivity contribution in [1.82, 2.24) is 14.1 Å². The Morgan fingerprint density at radius 2 is 1.34 bits per heavy atom. The van der Waals surface area contributed by atoms with Crippen molar-refractivity contribution in [2.45, 2.75) is 25.8 Å². The number of aromatic nitrogens is 3. The molecule has 1 aliphatic rings. The van der Waals surface area contributed by atoms with Crippen LogP contribution in [0.15, 0.2) is 128 Å². The minimum absolute atomic E-state index is 0.0949.